The smallest absolute Gasteiger partial charge is 0.229 e. The zero-order valence-electron chi connectivity index (χ0n) is 13.1. The van der Waals surface area contributed by atoms with E-state index in [-0.39, 0.29) is 24.5 Å². The Morgan fingerprint density at radius 3 is 2.41 bits per heavy atom. The summed E-state index contributed by atoms with van der Waals surface area (Å²) in [6.07, 6.45) is 1.35. The molecule has 2 amide bonds. The summed E-state index contributed by atoms with van der Waals surface area (Å²) in [5.74, 6) is -0.140. The van der Waals surface area contributed by atoms with E-state index in [1.807, 2.05) is 18.2 Å². The molecule has 5 nitrogen and oxygen atoms in total. The Hall–Kier alpha value is -1.72. The highest BCUT2D eigenvalue weighted by molar-refractivity contribution is 6.01. The van der Waals surface area contributed by atoms with Gasteiger partial charge in [0.15, 0.2) is 0 Å². The molecule has 1 aliphatic heterocycles. The highest BCUT2D eigenvalue weighted by Gasteiger charge is 2.29. The number of carbonyl (C=O) groups is 2. The van der Waals surface area contributed by atoms with Gasteiger partial charge in [0.1, 0.15) is 0 Å². The molecule has 1 aliphatic rings. The number of amides is 2. The molecule has 0 radical (unpaired) electrons. The third-order valence-electron chi connectivity index (χ3n) is 4.16. The van der Waals surface area contributed by atoms with Crippen molar-refractivity contribution in [2.45, 2.75) is 38.8 Å². The summed E-state index contributed by atoms with van der Waals surface area (Å²) in [4.78, 5) is 27.0. The molecule has 0 spiro atoms. The van der Waals surface area contributed by atoms with Crippen molar-refractivity contribution in [1.29, 1.82) is 0 Å². The lowest BCUT2D eigenvalue weighted by Gasteiger charge is -2.30. The Labute approximate surface area is 131 Å². The number of likely N-dealkylation sites (tertiary alicyclic amines) is 1. The van der Waals surface area contributed by atoms with Crippen molar-refractivity contribution in [3.05, 3.63) is 35.9 Å². The highest BCUT2D eigenvalue weighted by Crippen LogP contribution is 2.14. The number of hydrogen-bond acceptors (Lipinski definition) is 4. The fraction of sp³-hybridized carbons (Fsp3) is 0.529. The molecular weight excluding hydrogens is 280 g/mol. The first-order valence-electron chi connectivity index (χ1n) is 7.84. The van der Waals surface area contributed by atoms with Gasteiger partial charge in [0.25, 0.3) is 0 Å². The molecule has 1 N–H and O–H groups in total. The number of aliphatic hydroxyl groups is 1. The average Bonchev–Trinajstić information content (AvgIpc) is 2.84. The fourth-order valence-electron chi connectivity index (χ4n) is 2.74. The van der Waals surface area contributed by atoms with Crippen LogP contribution in [0, 0.1) is 0 Å². The van der Waals surface area contributed by atoms with Crippen molar-refractivity contribution >= 4 is 11.8 Å². The van der Waals surface area contributed by atoms with Crippen LogP contribution in [-0.4, -0.2) is 52.5 Å². The summed E-state index contributed by atoms with van der Waals surface area (Å²) in [5.41, 5.74) is 1.19. The predicted octanol–water partition coefficient (Wildman–Crippen LogP) is 1.41. The molecule has 1 saturated heterocycles. The van der Waals surface area contributed by atoms with Crippen LogP contribution in [0.1, 0.15) is 31.7 Å². The number of hydrogen-bond donors (Lipinski definition) is 1. The molecule has 1 atom stereocenters. The maximum absolute atomic E-state index is 11.7. The van der Waals surface area contributed by atoms with Crippen LogP contribution < -0.4 is 0 Å². The van der Waals surface area contributed by atoms with Gasteiger partial charge in [0, 0.05) is 45.1 Å². The van der Waals surface area contributed by atoms with Gasteiger partial charge in [-0.2, -0.15) is 0 Å². The summed E-state index contributed by atoms with van der Waals surface area (Å²) in [6, 6.07) is 10.3. The average molecular weight is 304 g/mol. The van der Waals surface area contributed by atoms with E-state index < -0.39 is 0 Å². The second-order valence-electron chi connectivity index (χ2n) is 5.76. The number of nitrogens with zero attached hydrogens (tertiary/aromatic N) is 2. The van der Waals surface area contributed by atoms with Crippen LogP contribution >= 0.6 is 0 Å². The first-order chi connectivity index (χ1) is 10.6. The minimum absolute atomic E-state index is 0.0699. The lowest BCUT2D eigenvalue weighted by molar-refractivity contribution is -0.138. The Morgan fingerprint density at radius 2 is 1.82 bits per heavy atom. The molecule has 1 fully saturated rings. The van der Waals surface area contributed by atoms with Crippen molar-refractivity contribution in [2.24, 2.45) is 0 Å². The van der Waals surface area contributed by atoms with E-state index in [0.29, 0.717) is 32.4 Å². The van der Waals surface area contributed by atoms with Gasteiger partial charge in [-0.05, 0) is 18.9 Å². The highest BCUT2D eigenvalue weighted by atomic mass is 16.3. The molecule has 1 unspecified atom stereocenters. The van der Waals surface area contributed by atoms with Crippen LogP contribution in [0.5, 0.6) is 0 Å². The number of aliphatic hydroxyl groups excluding tert-OH is 1. The Kier molecular flexibility index (Phi) is 6.10. The Morgan fingerprint density at radius 1 is 1.18 bits per heavy atom. The predicted molar refractivity (Wildman–Crippen MR) is 84.0 cm³/mol. The molecule has 0 aliphatic carbocycles. The third-order valence-corrected chi connectivity index (χ3v) is 4.16. The molecule has 0 bridgehead atoms. The van der Waals surface area contributed by atoms with E-state index in [9.17, 15) is 14.7 Å². The molecule has 5 heteroatoms. The van der Waals surface area contributed by atoms with E-state index in [4.69, 9.17) is 0 Å². The molecule has 120 valence electrons. The summed E-state index contributed by atoms with van der Waals surface area (Å²) >= 11 is 0. The second kappa shape index (κ2) is 8.06. The van der Waals surface area contributed by atoms with E-state index in [1.165, 1.54) is 10.5 Å². The molecule has 2 rings (SSSR count). The van der Waals surface area contributed by atoms with E-state index in [2.05, 4.69) is 24.0 Å². The van der Waals surface area contributed by atoms with Crippen molar-refractivity contribution in [3.63, 3.8) is 0 Å². The standard InChI is InChI=1S/C17H24N2O3/c1-14(9-12-20)18(13-15-5-3-2-4-6-15)10-11-19-16(21)7-8-17(19)22/h2-6,14,20H,7-13H2,1H3. The number of imide groups is 1. The largest absolute Gasteiger partial charge is 0.396 e. The van der Waals surface area contributed by atoms with E-state index in [0.717, 1.165) is 6.54 Å². The lowest BCUT2D eigenvalue weighted by Crippen LogP contribution is -2.41. The Balaban J connectivity index is 1.98. The lowest BCUT2D eigenvalue weighted by atomic mass is 10.1. The van der Waals surface area contributed by atoms with Crippen LogP contribution in [0.4, 0.5) is 0 Å². The van der Waals surface area contributed by atoms with Gasteiger partial charge < -0.3 is 5.11 Å². The molecule has 1 aromatic rings. The van der Waals surface area contributed by atoms with Gasteiger partial charge in [-0.3, -0.25) is 19.4 Å². The van der Waals surface area contributed by atoms with Crippen molar-refractivity contribution < 1.29 is 14.7 Å². The topological polar surface area (TPSA) is 60.9 Å². The van der Waals surface area contributed by atoms with Gasteiger partial charge in [0.05, 0.1) is 0 Å². The first-order valence-corrected chi connectivity index (χ1v) is 7.84. The van der Waals surface area contributed by atoms with E-state index >= 15 is 0 Å². The molecule has 22 heavy (non-hydrogen) atoms. The summed E-state index contributed by atoms with van der Waals surface area (Å²) < 4.78 is 0. The van der Waals surface area contributed by atoms with Crippen LogP contribution in [0.3, 0.4) is 0 Å². The maximum Gasteiger partial charge on any atom is 0.229 e. The normalized spacial score (nSPS) is 16.6. The molecular formula is C17H24N2O3. The van der Waals surface area contributed by atoms with Crippen molar-refractivity contribution in [2.75, 3.05) is 19.7 Å². The number of rotatable bonds is 8. The van der Waals surface area contributed by atoms with Gasteiger partial charge in [-0.15, -0.1) is 0 Å². The van der Waals surface area contributed by atoms with Gasteiger partial charge in [-0.25, -0.2) is 0 Å². The maximum atomic E-state index is 11.7. The molecule has 1 aromatic carbocycles. The minimum atomic E-state index is -0.0699. The quantitative estimate of drug-likeness (QED) is 0.738. The van der Waals surface area contributed by atoms with Crippen LogP contribution in [0.25, 0.3) is 0 Å². The van der Waals surface area contributed by atoms with Gasteiger partial charge in [0.2, 0.25) is 11.8 Å². The molecule has 1 heterocycles. The summed E-state index contributed by atoms with van der Waals surface area (Å²) in [6.45, 7) is 4.01. The number of benzene rings is 1. The van der Waals surface area contributed by atoms with Crippen molar-refractivity contribution in [3.8, 4) is 0 Å². The summed E-state index contributed by atoms with van der Waals surface area (Å²) in [5, 5.41) is 9.17. The second-order valence-corrected chi connectivity index (χ2v) is 5.76. The Bertz CT molecular complexity index is 488. The summed E-state index contributed by atoms with van der Waals surface area (Å²) in [7, 11) is 0. The third kappa shape index (κ3) is 4.39. The monoisotopic (exact) mass is 304 g/mol. The van der Waals surface area contributed by atoms with Crippen molar-refractivity contribution in [1.82, 2.24) is 9.80 Å². The SMILES string of the molecule is CC(CCO)N(CCN1C(=O)CCC1=O)Cc1ccccc1. The number of carbonyl (C=O) groups excluding carboxylic acids is 2. The van der Waals surface area contributed by atoms with Gasteiger partial charge in [-0.1, -0.05) is 30.3 Å². The van der Waals surface area contributed by atoms with E-state index in [1.54, 1.807) is 0 Å². The fourth-order valence-corrected chi connectivity index (χ4v) is 2.74. The zero-order valence-corrected chi connectivity index (χ0v) is 13.1. The van der Waals surface area contributed by atoms with Crippen LogP contribution in [0.15, 0.2) is 30.3 Å². The minimum Gasteiger partial charge on any atom is -0.396 e. The molecule has 0 saturated carbocycles. The first kappa shape index (κ1) is 16.6. The van der Waals surface area contributed by atoms with Gasteiger partial charge >= 0.3 is 0 Å². The van der Waals surface area contributed by atoms with Crippen LogP contribution in [0.2, 0.25) is 0 Å². The molecule has 0 aromatic heterocycles. The van der Waals surface area contributed by atoms with Crippen LogP contribution in [-0.2, 0) is 16.1 Å². The zero-order chi connectivity index (χ0) is 15.9.